The third-order valence-corrected chi connectivity index (χ3v) is 4.55. The third-order valence-electron chi connectivity index (χ3n) is 4.06. The van der Waals surface area contributed by atoms with Gasteiger partial charge in [0, 0.05) is 16.5 Å². The van der Waals surface area contributed by atoms with Crippen LogP contribution < -0.4 is 0 Å². The Labute approximate surface area is 142 Å². The van der Waals surface area contributed by atoms with Crippen LogP contribution in [-0.2, 0) is 6.42 Å². The normalized spacial score (nSPS) is 12.9. The van der Waals surface area contributed by atoms with Crippen LogP contribution in [0.5, 0.6) is 0 Å². The molecule has 0 spiro atoms. The summed E-state index contributed by atoms with van der Waals surface area (Å²) < 4.78 is 14.9. The van der Waals surface area contributed by atoms with Crippen molar-refractivity contribution in [1.82, 2.24) is 0 Å². The number of nitrogens with zero attached hydrogens (tertiary/aromatic N) is 1. The van der Waals surface area contributed by atoms with Crippen molar-refractivity contribution in [1.29, 1.82) is 0 Å². The first kappa shape index (κ1) is 14.3. The molecule has 3 heteroatoms. The summed E-state index contributed by atoms with van der Waals surface area (Å²) in [5, 5.41) is 0. The lowest BCUT2D eigenvalue weighted by atomic mass is 10.00. The fourth-order valence-electron chi connectivity index (χ4n) is 2.87. The van der Waals surface area contributed by atoms with Crippen molar-refractivity contribution in [2.45, 2.75) is 6.42 Å². The van der Waals surface area contributed by atoms with Gasteiger partial charge >= 0.3 is 0 Å². The Hall–Kier alpha value is -2.26. The maximum absolute atomic E-state index is 13.9. The van der Waals surface area contributed by atoms with E-state index in [-0.39, 0.29) is 5.82 Å². The van der Waals surface area contributed by atoms with Gasteiger partial charge in [-0.1, -0.05) is 58.4 Å². The molecule has 0 N–H and O–H groups in total. The van der Waals surface area contributed by atoms with Crippen molar-refractivity contribution >= 4 is 27.3 Å². The minimum atomic E-state index is -0.198. The van der Waals surface area contributed by atoms with Gasteiger partial charge in [-0.2, -0.15) is 0 Å². The number of fused-ring (bicyclic) bond motifs is 1. The molecule has 0 aromatic heterocycles. The first-order valence-corrected chi connectivity index (χ1v) is 8.21. The van der Waals surface area contributed by atoms with Gasteiger partial charge < -0.3 is 0 Å². The lowest BCUT2D eigenvalue weighted by molar-refractivity contribution is 0.631. The lowest BCUT2D eigenvalue weighted by Gasteiger charge is -2.05. The smallest absolute Gasteiger partial charge is 0.131 e. The number of hydrogen-bond donors (Lipinski definition) is 0. The van der Waals surface area contributed by atoms with E-state index in [1.54, 1.807) is 12.1 Å². The van der Waals surface area contributed by atoms with Gasteiger partial charge in [0.1, 0.15) is 5.82 Å². The van der Waals surface area contributed by atoms with E-state index in [0.29, 0.717) is 5.56 Å². The fourth-order valence-corrected chi connectivity index (χ4v) is 3.28. The minimum absolute atomic E-state index is 0.198. The van der Waals surface area contributed by atoms with E-state index in [1.165, 1.54) is 11.6 Å². The van der Waals surface area contributed by atoms with E-state index >= 15 is 0 Å². The molecular formula is C20H13BrFN. The van der Waals surface area contributed by atoms with Gasteiger partial charge in [0.25, 0.3) is 0 Å². The Bertz CT molecular complexity index is 913. The average Bonchev–Trinajstić information content (AvgIpc) is 2.98. The second-order valence-electron chi connectivity index (χ2n) is 5.57. The number of rotatable bonds is 2. The van der Waals surface area contributed by atoms with Gasteiger partial charge in [-0.3, -0.25) is 4.99 Å². The summed E-state index contributed by atoms with van der Waals surface area (Å²) in [5.41, 5.74) is 5.90. The molecule has 0 fully saturated rings. The molecular weight excluding hydrogens is 353 g/mol. The highest BCUT2D eigenvalue weighted by molar-refractivity contribution is 9.10. The summed E-state index contributed by atoms with van der Waals surface area (Å²) in [6.45, 7) is 0. The molecule has 0 saturated heterocycles. The quantitative estimate of drug-likeness (QED) is 0.533. The van der Waals surface area contributed by atoms with Crippen molar-refractivity contribution < 1.29 is 4.39 Å². The Morgan fingerprint density at radius 3 is 2.39 bits per heavy atom. The largest absolute Gasteiger partial charge is 0.252 e. The Morgan fingerprint density at radius 2 is 1.61 bits per heavy atom. The molecule has 4 rings (SSSR count). The minimum Gasteiger partial charge on any atom is -0.252 e. The molecule has 1 nitrogen and oxygen atoms in total. The highest BCUT2D eigenvalue weighted by atomic mass is 79.9. The molecule has 112 valence electrons. The molecule has 3 aromatic carbocycles. The predicted molar refractivity (Wildman–Crippen MR) is 95.9 cm³/mol. The van der Waals surface area contributed by atoms with E-state index in [4.69, 9.17) is 4.99 Å². The van der Waals surface area contributed by atoms with Crippen molar-refractivity contribution in [3.8, 4) is 11.1 Å². The molecule has 0 aliphatic carbocycles. The second kappa shape index (κ2) is 5.74. The van der Waals surface area contributed by atoms with Crippen molar-refractivity contribution in [3.05, 3.63) is 88.1 Å². The molecule has 0 unspecified atom stereocenters. The lowest BCUT2D eigenvalue weighted by Crippen LogP contribution is -2.00. The van der Waals surface area contributed by atoms with Crippen LogP contribution in [0.3, 0.4) is 0 Å². The number of hydrogen-bond acceptors (Lipinski definition) is 1. The zero-order valence-corrected chi connectivity index (χ0v) is 13.8. The van der Waals surface area contributed by atoms with Gasteiger partial charge in [-0.05, 0) is 41.0 Å². The molecule has 0 radical (unpaired) electrons. The third kappa shape index (κ3) is 2.73. The summed E-state index contributed by atoms with van der Waals surface area (Å²) in [6.07, 6.45) is 0.827. The molecule has 0 bridgehead atoms. The van der Waals surface area contributed by atoms with Gasteiger partial charge in [0.2, 0.25) is 0 Å². The van der Waals surface area contributed by atoms with Crippen LogP contribution in [-0.4, -0.2) is 5.71 Å². The maximum atomic E-state index is 13.9. The molecule has 0 saturated carbocycles. The van der Waals surface area contributed by atoms with Crippen LogP contribution in [0.2, 0.25) is 0 Å². The van der Waals surface area contributed by atoms with E-state index in [0.717, 1.165) is 33.4 Å². The molecule has 0 amide bonds. The summed E-state index contributed by atoms with van der Waals surface area (Å²) in [6, 6.07) is 20.9. The monoisotopic (exact) mass is 365 g/mol. The molecule has 3 aromatic rings. The van der Waals surface area contributed by atoms with Crippen molar-refractivity contribution in [3.63, 3.8) is 0 Å². The zero-order chi connectivity index (χ0) is 15.8. The summed E-state index contributed by atoms with van der Waals surface area (Å²) in [4.78, 5) is 4.70. The predicted octanol–water partition coefficient (Wildman–Crippen LogP) is 5.93. The van der Waals surface area contributed by atoms with E-state index in [9.17, 15) is 4.39 Å². The van der Waals surface area contributed by atoms with Crippen molar-refractivity contribution in [2.24, 2.45) is 4.99 Å². The Balaban J connectivity index is 1.64. The summed E-state index contributed by atoms with van der Waals surface area (Å²) in [7, 11) is 0. The van der Waals surface area contributed by atoms with Crippen molar-refractivity contribution in [2.75, 3.05) is 0 Å². The van der Waals surface area contributed by atoms with Gasteiger partial charge in [-0.25, -0.2) is 4.39 Å². The Kier molecular flexibility index (Phi) is 3.58. The highest BCUT2D eigenvalue weighted by Gasteiger charge is 2.16. The van der Waals surface area contributed by atoms with Crippen LogP contribution >= 0.6 is 15.9 Å². The average molecular weight is 366 g/mol. The van der Waals surface area contributed by atoms with E-state index < -0.39 is 0 Å². The van der Waals surface area contributed by atoms with E-state index in [1.807, 2.05) is 42.5 Å². The highest BCUT2D eigenvalue weighted by Crippen LogP contribution is 2.32. The molecule has 1 heterocycles. The first-order chi connectivity index (χ1) is 11.2. The van der Waals surface area contributed by atoms with Crippen LogP contribution in [0, 0.1) is 5.82 Å². The summed E-state index contributed by atoms with van der Waals surface area (Å²) >= 11 is 3.50. The van der Waals surface area contributed by atoms with Gasteiger partial charge in [0.15, 0.2) is 0 Å². The number of halogens is 2. The molecule has 0 atom stereocenters. The van der Waals surface area contributed by atoms with E-state index in [2.05, 4.69) is 22.0 Å². The topological polar surface area (TPSA) is 12.4 Å². The van der Waals surface area contributed by atoms with Gasteiger partial charge in [0.05, 0.1) is 11.4 Å². The SMILES string of the molecule is Fc1ccccc1-c1ccc(C2=Nc3ccc(Br)cc3C2)cc1. The number of benzene rings is 3. The number of aliphatic imine (C=N–C) groups is 1. The second-order valence-corrected chi connectivity index (χ2v) is 6.48. The first-order valence-electron chi connectivity index (χ1n) is 7.42. The molecule has 1 aliphatic heterocycles. The van der Waals surface area contributed by atoms with Crippen LogP contribution in [0.1, 0.15) is 11.1 Å². The van der Waals surface area contributed by atoms with Gasteiger partial charge in [-0.15, -0.1) is 0 Å². The fraction of sp³-hybridized carbons (Fsp3) is 0.0500. The van der Waals surface area contributed by atoms with Crippen LogP contribution in [0.4, 0.5) is 10.1 Å². The zero-order valence-electron chi connectivity index (χ0n) is 12.3. The molecule has 1 aliphatic rings. The molecule has 23 heavy (non-hydrogen) atoms. The standard InChI is InChI=1S/C20H13BrFN/c21-16-9-10-19-15(11-16)12-20(23-19)14-7-5-13(6-8-14)17-3-1-2-4-18(17)22/h1-11H,12H2. The Morgan fingerprint density at radius 1 is 0.870 bits per heavy atom. The maximum Gasteiger partial charge on any atom is 0.131 e. The van der Waals surface area contributed by atoms with Crippen LogP contribution in [0.25, 0.3) is 11.1 Å². The van der Waals surface area contributed by atoms with Crippen LogP contribution in [0.15, 0.2) is 76.2 Å². The summed E-state index contributed by atoms with van der Waals surface area (Å²) in [5.74, 6) is -0.198.